The summed E-state index contributed by atoms with van der Waals surface area (Å²) >= 11 is 0. The third kappa shape index (κ3) is 3.90. The summed E-state index contributed by atoms with van der Waals surface area (Å²) in [6.45, 7) is -0.478. The van der Waals surface area contributed by atoms with Crippen molar-refractivity contribution in [2.45, 2.75) is 12.6 Å². The zero-order chi connectivity index (χ0) is 13.9. The van der Waals surface area contributed by atoms with Gasteiger partial charge in [0.1, 0.15) is 5.82 Å². The van der Waals surface area contributed by atoms with Gasteiger partial charge in [0.2, 0.25) is 0 Å². The lowest BCUT2D eigenvalue weighted by molar-refractivity contribution is -0.136. The van der Waals surface area contributed by atoms with Crippen LogP contribution in [0.15, 0.2) is 18.2 Å². The summed E-state index contributed by atoms with van der Waals surface area (Å²) in [7, 11) is 1.22. The number of rotatable bonds is 3. The molecule has 0 fully saturated rings. The van der Waals surface area contributed by atoms with Crippen LogP contribution < -0.4 is 5.73 Å². The van der Waals surface area contributed by atoms with Crippen molar-refractivity contribution in [3.05, 3.63) is 29.6 Å². The van der Waals surface area contributed by atoms with Crippen molar-refractivity contribution in [2.75, 3.05) is 19.3 Å². The zero-order valence-corrected chi connectivity index (χ0v) is 9.59. The third-order valence-electron chi connectivity index (χ3n) is 2.32. The lowest BCUT2D eigenvalue weighted by Crippen LogP contribution is -2.30. The van der Waals surface area contributed by atoms with Crippen LogP contribution in [0.25, 0.3) is 0 Å². The Balaban J connectivity index is 2.71. The van der Waals surface area contributed by atoms with Gasteiger partial charge in [-0.1, -0.05) is 0 Å². The highest BCUT2D eigenvalue weighted by molar-refractivity contribution is 5.94. The number of carbonyl (C=O) groups excluding carboxylic acids is 1. The predicted octanol–water partition coefficient (Wildman–Crippen LogP) is 2.43. The summed E-state index contributed by atoms with van der Waals surface area (Å²) in [6.07, 6.45) is -5.44. The first-order chi connectivity index (χ1) is 8.20. The maximum absolute atomic E-state index is 13.1. The van der Waals surface area contributed by atoms with Crippen molar-refractivity contribution in [1.29, 1.82) is 0 Å². The molecule has 0 bridgehead atoms. The quantitative estimate of drug-likeness (QED) is 0.673. The fraction of sp³-hybridized carbons (Fsp3) is 0.364. The van der Waals surface area contributed by atoms with Gasteiger partial charge in [-0.05, 0) is 18.2 Å². The summed E-state index contributed by atoms with van der Waals surface area (Å²) in [5.74, 6) is -1.46. The summed E-state index contributed by atoms with van der Waals surface area (Å²) in [4.78, 5) is 12.6. The van der Waals surface area contributed by atoms with Gasteiger partial charge in [0.15, 0.2) is 0 Å². The second-order valence-corrected chi connectivity index (χ2v) is 3.83. The van der Waals surface area contributed by atoms with E-state index in [9.17, 15) is 22.4 Å². The Morgan fingerprint density at radius 1 is 1.39 bits per heavy atom. The van der Waals surface area contributed by atoms with Crippen LogP contribution in [0.5, 0.6) is 0 Å². The van der Waals surface area contributed by atoms with E-state index in [0.29, 0.717) is 0 Å². The molecule has 1 aromatic carbocycles. The topological polar surface area (TPSA) is 46.3 Å². The number of nitrogens with zero attached hydrogens (tertiary/aromatic N) is 1. The van der Waals surface area contributed by atoms with E-state index in [2.05, 4.69) is 0 Å². The van der Waals surface area contributed by atoms with E-state index >= 15 is 0 Å². The van der Waals surface area contributed by atoms with Crippen molar-refractivity contribution in [3.8, 4) is 0 Å². The Morgan fingerprint density at radius 2 is 2.00 bits per heavy atom. The maximum Gasteiger partial charge on any atom is 0.390 e. The number of anilines is 1. The van der Waals surface area contributed by atoms with Gasteiger partial charge in [0.25, 0.3) is 5.91 Å². The van der Waals surface area contributed by atoms with Gasteiger partial charge < -0.3 is 10.6 Å². The molecular weight excluding hydrogens is 252 g/mol. The van der Waals surface area contributed by atoms with E-state index < -0.39 is 30.9 Å². The minimum Gasteiger partial charge on any atom is -0.396 e. The molecule has 0 aliphatic heterocycles. The summed E-state index contributed by atoms with van der Waals surface area (Å²) < 4.78 is 49.1. The molecule has 0 radical (unpaired) electrons. The SMILES string of the molecule is CN(CCC(F)(F)F)C(=O)c1ccc(N)c(F)c1. The Hall–Kier alpha value is -1.79. The van der Waals surface area contributed by atoms with E-state index in [0.717, 1.165) is 11.0 Å². The van der Waals surface area contributed by atoms with Crippen LogP contribution >= 0.6 is 0 Å². The molecule has 7 heteroatoms. The number of hydrogen-bond acceptors (Lipinski definition) is 2. The van der Waals surface area contributed by atoms with Crippen LogP contribution in [0.2, 0.25) is 0 Å². The fourth-order valence-corrected chi connectivity index (χ4v) is 1.28. The molecule has 18 heavy (non-hydrogen) atoms. The van der Waals surface area contributed by atoms with Gasteiger partial charge >= 0.3 is 6.18 Å². The Morgan fingerprint density at radius 3 is 2.50 bits per heavy atom. The molecule has 0 spiro atoms. The molecule has 100 valence electrons. The first kappa shape index (κ1) is 14.3. The standard InChI is InChI=1S/C11H12F4N2O/c1-17(5-4-11(13,14)15)10(18)7-2-3-9(16)8(12)6-7/h2-3,6H,4-5,16H2,1H3. The average Bonchev–Trinajstić information content (AvgIpc) is 2.27. The number of alkyl halides is 3. The molecule has 1 aromatic rings. The van der Waals surface area contributed by atoms with E-state index in [4.69, 9.17) is 5.73 Å². The molecular formula is C11H12F4N2O. The Labute approximate surface area is 101 Å². The van der Waals surface area contributed by atoms with Gasteiger partial charge in [-0.2, -0.15) is 13.2 Å². The monoisotopic (exact) mass is 264 g/mol. The van der Waals surface area contributed by atoms with Crippen LogP contribution in [0.3, 0.4) is 0 Å². The van der Waals surface area contributed by atoms with Crippen molar-refractivity contribution < 1.29 is 22.4 Å². The summed E-state index contributed by atoms with van der Waals surface area (Å²) in [5.41, 5.74) is 5.08. The van der Waals surface area contributed by atoms with E-state index in [1.165, 1.54) is 19.2 Å². The van der Waals surface area contributed by atoms with Crippen LogP contribution in [0.1, 0.15) is 16.8 Å². The van der Waals surface area contributed by atoms with Crippen molar-refractivity contribution >= 4 is 11.6 Å². The van der Waals surface area contributed by atoms with E-state index in [-0.39, 0.29) is 11.3 Å². The van der Waals surface area contributed by atoms with Gasteiger partial charge in [0.05, 0.1) is 12.1 Å². The molecule has 3 nitrogen and oxygen atoms in total. The summed E-state index contributed by atoms with van der Waals surface area (Å²) in [6, 6.07) is 3.37. The second-order valence-electron chi connectivity index (χ2n) is 3.83. The van der Waals surface area contributed by atoms with Crippen LogP contribution in [-0.4, -0.2) is 30.6 Å². The van der Waals surface area contributed by atoms with Crippen LogP contribution in [-0.2, 0) is 0 Å². The summed E-state index contributed by atoms with van der Waals surface area (Å²) in [5, 5.41) is 0. The first-order valence-corrected chi connectivity index (χ1v) is 5.08. The minimum atomic E-state index is -4.33. The highest BCUT2D eigenvalue weighted by Gasteiger charge is 2.28. The molecule has 0 aliphatic rings. The molecule has 0 heterocycles. The lowest BCUT2D eigenvalue weighted by atomic mass is 10.1. The van der Waals surface area contributed by atoms with E-state index in [1.54, 1.807) is 0 Å². The lowest BCUT2D eigenvalue weighted by Gasteiger charge is -2.18. The minimum absolute atomic E-state index is 0.0358. The normalized spacial score (nSPS) is 11.4. The van der Waals surface area contributed by atoms with E-state index in [1.807, 2.05) is 0 Å². The zero-order valence-electron chi connectivity index (χ0n) is 9.59. The molecule has 0 aliphatic carbocycles. The third-order valence-corrected chi connectivity index (χ3v) is 2.32. The van der Waals surface area contributed by atoms with Gasteiger partial charge in [-0.25, -0.2) is 4.39 Å². The number of carbonyl (C=O) groups is 1. The van der Waals surface area contributed by atoms with Crippen LogP contribution in [0.4, 0.5) is 23.2 Å². The average molecular weight is 264 g/mol. The second kappa shape index (κ2) is 5.24. The highest BCUT2D eigenvalue weighted by atomic mass is 19.4. The van der Waals surface area contributed by atoms with Crippen molar-refractivity contribution in [2.24, 2.45) is 0 Å². The largest absolute Gasteiger partial charge is 0.396 e. The number of nitrogens with two attached hydrogens (primary N) is 1. The number of nitrogen functional groups attached to an aromatic ring is 1. The molecule has 0 saturated carbocycles. The molecule has 0 unspecified atom stereocenters. The Bertz CT molecular complexity index is 445. The fourth-order valence-electron chi connectivity index (χ4n) is 1.28. The predicted molar refractivity (Wildman–Crippen MR) is 58.4 cm³/mol. The van der Waals surface area contributed by atoms with Gasteiger partial charge in [0, 0.05) is 19.2 Å². The maximum atomic E-state index is 13.1. The Kier molecular flexibility index (Phi) is 4.15. The van der Waals surface area contributed by atoms with Crippen molar-refractivity contribution in [1.82, 2.24) is 4.90 Å². The van der Waals surface area contributed by atoms with Gasteiger partial charge in [-0.15, -0.1) is 0 Å². The first-order valence-electron chi connectivity index (χ1n) is 5.08. The molecule has 0 saturated heterocycles. The molecule has 1 rings (SSSR count). The van der Waals surface area contributed by atoms with Gasteiger partial charge in [-0.3, -0.25) is 4.79 Å². The number of benzene rings is 1. The number of hydrogen-bond donors (Lipinski definition) is 1. The smallest absolute Gasteiger partial charge is 0.390 e. The molecule has 0 atom stereocenters. The molecule has 2 N–H and O–H groups in total. The molecule has 1 amide bonds. The highest BCUT2D eigenvalue weighted by Crippen LogP contribution is 2.20. The number of amides is 1. The van der Waals surface area contributed by atoms with Crippen molar-refractivity contribution in [3.63, 3.8) is 0 Å². The number of halogens is 4. The van der Waals surface area contributed by atoms with Crippen LogP contribution in [0, 0.1) is 5.82 Å². The molecule has 0 aromatic heterocycles.